The Balaban J connectivity index is 1.40. The molecule has 4 rings (SSSR count). The van der Waals surface area contributed by atoms with Crippen LogP contribution in [0.2, 0.25) is 0 Å². The van der Waals surface area contributed by atoms with Crippen LogP contribution in [0.15, 0.2) is 6.33 Å². The smallest absolute Gasteiger partial charge is 0.230 e. The van der Waals surface area contributed by atoms with Gasteiger partial charge in [-0.1, -0.05) is 0 Å². The summed E-state index contributed by atoms with van der Waals surface area (Å²) in [7, 11) is 4.26. The first-order valence-electron chi connectivity index (χ1n) is 8.23. The summed E-state index contributed by atoms with van der Waals surface area (Å²) in [6.07, 6.45) is 1.67. The minimum atomic E-state index is 0.729. The largest absolute Gasteiger partial charge is 0.340 e. The number of fused-ring (bicyclic) bond motifs is 1. The molecule has 2 atom stereocenters. The van der Waals surface area contributed by atoms with E-state index in [0.29, 0.717) is 0 Å². The van der Waals surface area contributed by atoms with Crippen molar-refractivity contribution in [1.29, 1.82) is 0 Å². The van der Waals surface area contributed by atoms with Crippen LogP contribution in [0, 0.1) is 17.8 Å². The Morgan fingerprint density at radius 3 is 2.23 bits per heavy atom. The van der Waals surface area contributed by atoms with Crippen molar-refractivity contribution in [1.82, 2.24) is 25.2 Å². The Hall–Kier alpha value is -1.47. The molecule has 1 aromatic heterocycles. The molecular formula is C15H25N7. The molecule has 3 fully saturated rings. The molecule has 0 amide bonds. The van der Waals surface area contributed by atoms with Crippen molar-refractivity contribution in [2.75, 3.05) is 69.7 Å². The summed E-state index contributed by atoms with van der Waals surface area (Å²) >= 11 is 0. The van der Waals surface area contributed by atoms with Crippen molar-refractivity contribution in [3.8, 4) is 0 Å². The predicted molar refractivity (Wildman–Crippen MR) is 86.1 cm³/mol. The van der Waals surface area contributed by atoms with Gasteiger partial charge in [-0.2, -0.15) is 4.98 Å². The third kappa shape index (κ3) is 2.63. The molecule has 7 heteroatoms. The van der Waals surface area contributed by atoms with E-state index < -0.39 is 0 Å². The molecule has 3 saturated heterocycles. The highest BCUT2D eigenvalue weighted by Gasteiger charge is 2.37. The zero-order valence-corrected chi connectivity index (χ0v) is 13.4. The van der Waals surface area contributed by atoms with Gasteiger partial charge in [-0.15, -0.1) is 0 Å². The van der Waals surface area contributed by atoms with E-state index in [0.717, 1.165) is 75.5 Å². The van der Waals surface area contributed by atoms with Gasteiger partial charge in [0.25, 0.3) is 0 Å². The Morgan fingerprint density at radius 1 is 1.05 bits per heavy atom. The molecule has 7 nitrogen and oxygen atoms in total. The van der Waals surface area contributed by atoms with Gasteiger partial charge in [-0.3, -0.25) is 0 Å². The lowest BCUT2D eigenvalue weighted by Crippen LogP contribution is -2.51. The van der Waals surface area contributed by atoms with Gasteiger partial charge >= 0.3 is 0 Å². The van der Waals surface area contributed by atoms with Crippen molar-refractivity contribution in [2.45, 2.75) is 0 Å². The standard InChI is InChI=1S/C15H25N7/c1-20(2)5-11-6-21(7-11)14-17-10-18-15(19-14)22-8-12-3-16-4-13(12)9-22/h10-13,16H,3-9H2,1-2H3/t12-,13+. The minimum Gasteiger partial charge on any atom is -0.340 e. The number of nitrogens with one attached hydrogen (secondary N) is 1. The molecule has 0 bridgehead atoms. The summed E-state index contributed by atoms with van der Waals surface area (Å²) in [5.41, 5.74) is 0. The van der Waals surface area contributed by atoms with Crippen molar-refractivity contribution < 1.29 is 0 Å². The van der Waals surface area contributed by atoms with Crippen LogP contribution in [0.25, 0.3) is 0 Å². The molecule has 0 aliphatic carbocycles. The van der Waals surface area contributed by atoms with Crippen LogP contribution in [-0.2, 0) is 0 Å². The van der Waals surface area contributed by atoms with E-state index in [1.807, 2.05) is 0 Å². The minimum absolute atomic E-state index is 0.729. The Morgan fingerprint density at radius 2 is 1.64 bits per heavy atom. The molecule has 1 aromatic rings. The van der Waals surface area contributed by atoms with E-state index >= 15 is 0 Å². The zero-order chi connectivity index (χ0) is 15.1. The van der Waals surface area contributed by atoms with E-state index in [9.17, 15) is 0 Å². The molecular weight excluding hydrogens is 278 g/mol. The lowest BCUT2D eigenvalue weighted by Gasteiger charge is -2.40. The second-order valence-corrected chi connectivity index (χ2v) is 7.20. The highest BCUT2D eigenvalue weighted by Crippen LogP contribution is 2.29. The summed E-state index contributed by atoms with van der Waals surface area (Å²) < 4.78 is 0. The Kier molecular flexibility index (Phi) is 3.62. The monoisotopic (exact) mass is 303 g/mol. The first kappa shape index (κ1) is 14.1. The van der Waals surface area contributed by atoms with E-state index in [-0.39, 0.29) is 0 Å². The number of hydrogen-bond donors (Lipinski definition) is 1. The lowest BCUT2D eigenvalue weighted by atomic mass is 10.0. The van der Waals surface area contributed by atoms with E-state index in [2.05, 4.69) is 44.1 Å². The number of rotatable bonds is 4. The van der Waals surface area contributed by atoms with Gasteiger partial charge in [0.2, 0.25) is 11.9 Å². The summed E-state index contributed by atoms with van der Waals surface area (Å²) in [4.78, 5) is 20.3. The topological polar surface area (TPSA) is 60.4 Å². The van der Waals surface area contributed by atoms with Crippen LogP contribution in [0.1, 0.15) is 0 Å². The van der Waals surface area contributed by atoms with E-state index in [4.69, 9.17) is 4.98 Å². The molecule has 22 heavy (non-hydrogen) atoms. The molecule has 0 saturated carbocycles. The Labute approximate surface area is 131 Å². The van der Waals surface area contributed by atoms with Crippen molar-refractivity contribution in [3.63, 3.8) is 0 Å². The molecule has 120 valence electrons. The van der Waals surface area contributed by atoms with Gasteiger partial charge < -0.3 is 20.0 Å². The first-order valence-corrected chi connectivity index (χ1v) is 8.23. The van der Waals surface area contributed by atoms with Gasteiger partial charge in [0.15, 0.2) is 0 Å². The fourth-order valence-electron chi connectivity index (χ4n) is 3.97. The Bertz CT molecular complexity index is 516. The highest BCUT2D eigenvalue weighted by molar-refractivity contribution is 5.41. The third-order valence-corrected chi connectivity index (χ3v) is 5.08. The lowest BCUT2D eigenvalue weighted by molar-refractivity contribution is 0.281. The number of anilines is 2. The van der Waals surface area contributed by atoms with Crippen LogP contribution in [0.5, 0.6) is 0 Å². The molecule has 1 N–H and O–H groups in total. The SMILES string of the molecule is CN(C)CC1CN(c2ncnc(N3C[C@H]4CNC[C@H]4C3)n2)C1. The molecule has 0 unspecified atom stereocenters. The van der Waals surface area contributed by atoms with Crippen molar-refractivity contribution in [2.24, 2.45) is 17.8 Å². The molecule has 3 aliphatic heterocycles. The average molecular weight is 303 g/mol. The van der Waals surface area contributed by atoms with Gasteiger partial charge in [-0.25, -0.2) is 9.97 Å². The molecule has 0 radical (unpaired) electrons. The maximum Gasteiger partial charge on any atom is 0.230 e. The average Bonchev–Trinajstić information content (AvgIpc) is 3.03. The predicted octanol–water partition coefficient (Wildman–Crippen LogP) is -0.475. The summed E-state index contributed by atoms with van der Waals surface area (Å²) in [6, 6.07) is 0. The molecule has 3 aliphatic rings. The van der Waals surface area contributed by atoms with Crippen LogP contribution in [-0.4, -0.2) is 79.8 Å². The van der Waals surface area contributed by atoms with Crippen LogP contribution < -0.4 is 15.1 Å². The second-order valence-electron chi connectivity index (χ2n) is 7.20. The number of nitrogens with zero attached hydrogens (tertiary/aromatic N) is 6. The summed E-state index contributed by atoms with van der Waals surface area (Å²) in [5.74, 6) is 3.94. The first-order chi connectivity index (χ1) is 10.7. The van der Waals surface area contributed by atoms with Crippen LogP contribution in [0.3, 0.4) is 0 Å². The maximum absolute atomic E-state index is 4.71. The summed E-state index contributed by atoms with van der Waals surface area (Å²) in [6.45, 7) is 7.66. The second kappa shape index (κ2) is 5.62. The van der Waals surface area contributed by atoms with E-state index in [1.165, 1.54) is 0 Å². The van der Waals surface area contributed by atoms with Gasteiger partial charge in [0.1, 0.15) is 6.33 Å². The van der Waals surface area contributed by atoms with E-state index in [1.54, 1.807) is 6.33 Å². The van der Waals surface area contributed by atoms with Crippen molar-refractivity contribution in [3.05, 3.63) is 6.33 Å². The molecule has 4 heterocycles. The van der Waals surface area contributed by atoms with Gasteiger partial charge in [0.05, 0.1) is 0 Å². The third-order valence-electron chi connectivity index (χ3n) is 5.08. The zero-order valence-electron chi connectivity index (χ0n) is 13.4. The fraction of sp³-hybridized carbons (Fsp3) is 0.800. The van der Waals surface area contributed by atoms with Crippen LogP contribution >= 0.6 is 0 Å². The van der Waals surface area contributed by atoms with Crippen LogP contribution in [0.4, 0.5) is 11.9 Å². The maximum atomic E-state index is 4.71. The molecule has 0 spiro atoms. The van der Waals surface area contributed by atoms with Crippen molar-refractivity contribution >= 4 is 11.9 Å². The normalized spacial score (nSPS) is 28.3. The van der Waals surface area contributed by atoms with Gasteiger partial charge in [0, 0.05) is 51.7 Å². The highest BCUT2D eigenvalue weighted by atomic mass is 15.4. The summed E-state index contributed by atoms with van der Waals surface area (Å²) in [5, 5.41) is 3.47. The quantitative estimate of drug-likeness (QED) is 0.806. The number of aromatic nitrogens is 3. The fourth-order valence-corrected chi connectivity index (χ4v) is 3.97. The van der Waals surface area contributed by atoms with Gasteiger partial charge in [-0.05, 0) is 25.9 Å². The number of hydrogen-bond acceptors (Lipinski definition) is 7. The molecule has 0 aromatic carbocycles.